The lowest BCUT2D eigenvalue weighted by Gasteiger charge is -2.36. The number of alkyl carbamates (subject to hydrolysis) is 2. The number of nitrogen functional groups attached to an aromatic ring is 1. The van der Waals surface area contributed by atoms with Crippen LogP contribution in [0.5, 0.6) is 0 Å². The summed E-state index contributed by atoms with van der Waals surface area (Å²) in [6.07, 6.45) is -4.16. The van der Waals surface area contributed by atoms with E-state index >= 15 is 8.78 Å². The van der Waals surface area contributed by atoms with Crippen LogP contribution >= 0.6 is 0 Å². The number of cyclic esters (lactones) is 2. The number of anilines is 5. The number of carbonyl (C=O) groups excluding carboxylic acids is 7. The molecular weight excluding hydrogens is 1100 g/mol. The zero-order chi connectivity index (χ0) is 61.0. The molecule has 0 saturated carbocycles. The summed E-state index contributed by atoms with van der Waals surface area (Å²) in [6.45, 7) is 14.0. The van der Waals surface area contributed by atoms with Crippen LogP contribution < -0.4 is 36.0 Å². The molecule has 4 saturated heterocycles. The summed E-state index contributed by atoms with van der Waals surface area (Å²) in [5.74, 6) is -1.67. The molecule has 0 aliphatic carbocycles. The number of ether oxygens (including phenoxy) is 4. The first-order valence-electron chi connectivity index (χ1n) is 27.6. The van der Waals surface area contributed by atoms with Crippen molar-refractivity contribution in [3.8, 4) is 0 Å². The molecule has 1 unspecified atom stereocenters. The highest BCUT2D eigenvalue weighted by atomic mass is 19.1. The van der Waals surface area contributed by atoms with Gasteiger partial charge >= 0.3 is 24.4 Å². The van der Waals surface area contributed by atoms with Crippen molar-refractivity contribution in [2.45, 2.75) is 96.7 Å². The Morgan fingerprint density at radius 3 is 1.57 bits per heavy atom. The van der Waals surface area contributed by atoms with E-state index in [1.807, 2.05) is 4.90 Å². The molecule has 4 aliphatic rings. The number of carbonyl (C=O) groups is 7. The highest BCUT2D eigenvalue weighted by Crippen LogP contribution is 2.31. The molecule has 0 bridgehead atoms. The Kier molecular flexibility index (Phi) is 20.6. The van der Waals surface area contributed by atoms with Gasteiger partial charge in [0.15, 0.2) is 5.78 Å². The van der Waals surface area contributed by atoms with Crippen molar-refractivity contribution in [2.24, 2.45) is 0 Å². The van der Waals surface area contributed by atoms with E-state index < -0.39 is 70.4 Å². The number of hydrogen-bond acceptors (Lipinski definition) is 17. The summed E-state index contributed by atoms with van der Waals surface area (Å²) in [5.41, 5.74) is 7.06. The average Bonchev–Trinajstić information content (AvgIpc) is 4.10. The molecule has 4 aliphatic heterocycles. The molecule has 84 heavy (non-hydrogen) atoms. The third-order valence-corrected chi connectivity index (χ3v) is 13.8. The number of halogens is 2. The van der Waals surface area contributed by atoms with Gasteiger partial charge in [0.2, 0.25) is 11.8 Å². The van der Waals surface area contributed by atoms with Crippen molar-refractivity contribution in [1.29, 1.82) is 0 Å². The Morgan fingerprint density at radius 2 is 1.13 bits per heavy atom. The number of aliphatic hydroxyl groups excluding tert-OH is 1. The average molecular weight is 1170 g/mol. The normalized spacial score (nSPS) is 17.6. The summed E-state index contributed by atoms with van der Waals surface area (Å²) < 4.78 is 51.3. The fourth-order valence-electron chi connectivity index (χ4n) is 9.60. The monoisotopic (exact) mass is 1170 g/mol. The Hall–Kier alpha value is -8.81. The number of nitro groups is 1. The summed E-state index contributed by atoms with van der Waals surface area (Å²) in [7, 11) is 0. The number of nitrogens with one attached hydrogen (secondary N) is 2. The van der Waals surface area contributed by atoms with Crippen LogP contribution in [0.15, 0.2) is 84.9 Å². The van der Waals surface area contributed by atoms with Crippen LogP contribution in [0.25, 0.3) is 0 Å². The van der Waals surface area contributed by atoms with Crippen molar-refractivity contribution < 1.29 is 71.3 Å². The molecule has 24 nitrogen and oxygen atoms in total. The number of amides is 6. The maximum absolute atomic E-state index is 15.2. The highest BCUT2D eigenvalue weighted by Gasteiger charge is 2.36. The minimum atomic E-state index is -0.777. The number of non-ortho nitro benzene ring substituents is 1. The minimum absolute atomic E-state index is 0.0369. The molecule has 0 radical (unpaired) electrons. The van der Waals surface area contributed by atoms with E-state index in [-0.39, 0.29) is 80.7 Å². The number of piperazine rings is 2. The molecule has 8 rings (SSSR count). The molecule has 4 aromatic rings. The van der Waals surface area contributed by atoms with Gasteiger partial charge in [-0.05, 0) is 102 Å². The zero-order valence-corrected chi connectivity index (χ0v) is 47.8. The van der Waals surface area contributed by atoms with Gasteiger partial charge in [-0.2, -0.15) is 0 Å². The second-order valence-corrected chi connectivity index (χ2v) is 22.5. The van der Waals surface area contributed by atoms with Crippen molar-refractivity contribution in [3.63, 3.8) is 0 Å². The third-order valence-electron chi connectivity index (χ3n) is 13.8. The maximum Gasteiger partial charge on any atom is 0.414 e. The molecule has 3 atom stereocenters. The van der Waals surface area contributed by atoms with Crippen LogP contribution in [0.4, 0.5) is 62.1 Å². The van der Waals surface area contributed by atoms with Gasteiger partial charge in [-0.3, -0.25) is 34.3 Å². The standard InChI is InChI=1S/C29H34FN5O8.C29H38FN5O6/c1-29(2,3)43-27(38)31-17-22-18-34(28(39)42-22)20-7-8-24(23(30)16-20)32-11-13-33(14-12-32)26(37)10-9-25(36)19-5-4-6-21(15-19)35(40)41;1-29(2,3)41-27(38)32-17-22-18-35(28(39)40-22)21-7-8-24(23(30)16-21)33-11-13-34(14-12-33)26(37)10-9-25(36)19-5-4-6-20(31)15-19/h4-8,15-16,22H,9-14,17-18H2,1-3H3,(H,31,38);4-8,15-16,22,25,36H,9-14,17-18,31H2,1-3H3,(H,32,38)/t22-;22-,25?/m00/s1. The van der Waals surface area contributed by atoms with Crippen LogP contribution in [0, 0.1) is 21.7 Å². The lowest BCUT2D eigenvalue weighted by Crippen LogP contribution is -2.49. The van der Waals surface area contributed by atoms with Crippen LogP contribution in [0.3, 0.4) is 0 Å². The van der Waals surface area contributed by atoms with Gasteiger partial charge in [0.1, 0.15) is 35.0 Å². The Labute approximate surface area is 484 Å². The first-order chi connectivity index (χ1) is 39.7. The molecule has 4 heterocycles. The molecule has 0 spiro atoms. The van der Waals surface area contributed by atoms with Crippen molar-refractivity contribution in [3.05, 3.63) is 118 Å². The Morgan fingerprint density at radius 1 is 0.667 bits per heavy atom. The van der Waals surface area contributed by atoms with E-state index in [9.17, 15) is 48.8 Å². The molecule has 26 heteroatoms. The fourth-order valence-corrected chi connectivity index (χ4v) is 9.60. The lowest BCUT2D eigenvalue weighted by atomic mass is 10.0. The van der Waals surface area contributed by atoms with Crippen LogP contribution in [-0.4, -0.2) is 164 Å². The molecular formula is C58H72F2N10O14. The summed E-state index contributed by atoms with van der Waals surface area (Å²) in [6, 6.07) is 21.4. The van der Waals surface area contributed by atoms with Crippen molar-refractivity contribution >= 4 is 76.1 Å². The number of Topliss-reactive ketones (excluding diaryl/α,β-unsaturated/α-hetero) is 1. The Bertz CT molecular complexity index is 3070. The number of rotatable bonds is 17. The second kappa shape index (κ2) is 27.5. The first kappa shape index (κ1) is 62.8. The number of nitrogens with zero attached hydrogens (tertiary/aromatic N) is 7. The number of aliphatic hydroxyl groups is 1. The number of nitro benzene ring substituents is 1. The van der Waals surface area contributed by atoms with E-state index in [1.165, 1.54) is 46.2 Å². The topological polar surface area (TPSA) is 289 Å². The van der Waals surface area contributed by atoms with Gasteiger partial charge in [-0.25, -0.2) is 28.0 Å². The smallest absolute Gasteiger partial charge is 0.414 e. The zero-order valence-electron chi connectivity index (χ0n) is 47.8. The van der Waals surface area contributed by atoms with Gasteiger partial charge in [-0.1, -0.05) is 24.3 Å². The van der Waals surface area contributed by atoms with Crippen LogP contribution in [0.1, 0.15) is 89.3 Å². The summed E-state index contributed by atoms with van der Waals surface area (Å²) in [5, 5.41) is 26.5. The molecule has 4 fully saturated rings. The number of benzene rings is 4. The first-order valence-corrected chi connectivity index (χ1v) is 27.6. The second-order valence-electron chi connectivity index (χ2n) is 22.5. The largest absolute Gasteiger partial charge is 0.444 e. The molecule has 5 N–H and O–H groups in total. The summed E-state index contributed by atoms with van der Waals surface area (Å²) >= 11 is 0. The highest BCUT2D eigenvalue weighted by molar-refractivity contribution is 5.98. The van der Waals surface area contributed by atoms with Crippen molar-refractivity contribution in [1.82, 2.24) is 20.4 Å². The number of hydrogen-bond donors (Lipinski definition) is 4. The number of nitrogens with two attached hydrogens (primary N) is 1. The number of ketones is 1. The maximum atomic E-state index is 15.2. The Balaban J connectivity index is 0.000000241. The van der Waals surface area contributed by atoms with Gasteiger partial charge in [0.25, 0.3) is 5.69 Å². The van der Waals surface area contributed by atoms with E-state index in [4.69, 9.17) is 24.7 Å². The van der Waals surface area contributed by atoms with E-state index in [2.05, 4.69) is 10.6 Å². The SMILES string of the molecule is CC(C)(C)OC(=O)NC[C@H]1CN(c2ccc(N3CCN(C(=O)CCC(=O)c4cccc([N+](=O)[O-])c4)CC3)c(F)c2)C(=O)O1.CC(C)(C)OC(=O)NC[C@H]1CN(c2ccc(N3CCN(C(=O)CCC(O)c4cccc(N)c4)CC3)c(F)c2)C(=O)O1. The summed E-state index contributed by atoms with van der Waals surface area (Å²) in [4.78, 5) is 106. The third kappa shape index (κ3) is 17.6. The van der Waals surface area contributed by atoms with Gasteiger partial charge in [-0.15, -0.1) is 0 Å². The van der Waals surface area contributed by atoms with E-state index in [1.54, 1.807) is 105 Å². The molecule has 6 amide bonds. The van der Waals surface area contributed by atoms with Crippen molar-refractivity contribution in [2.75, 3.05) is 104 Å². The molecule has 4 aromatic carbocycles. The quantitative estimate of drug-likeness (QED) is 0.0265. The van der Waals surface area contributed by atoms with Crippen LogP contribution in [-0.2, 0) is 28.5 Å². The molecule has 452 valence electrons. The fraction of sp³-hybridized carbons (Fsp3) is 0.466. The minimum Gasteiger partial charge on any atom is -0.444 e. The lowest BCUT2D eigenvalue weighted by molar-refractivity contribution is -0.384. The van der Waals surface area contributed by atoms with Gasteiger partial charge in [0.05, 0.1) is 60.0 Å². The van der Waals surface area contributed by atoms with E-state index in [0.717, 1.165) is 0 Å². The predicted octanol–water partition coefficient (Wildman–Crippen LogP) is 7.32. The van der Waals surface area contributed by atoms with E-state index in [0.29, 0.717) is 86.4 Å². The van der Waals surface area contributed by atoms with Crippen LogP contribution in [0.2, 0.25) is 0 Å². The van der Waals surface area contributed by atoms with Gasteiger partial charge in [0, 0.05) is 95.0 Å². The molecule has 0 aromatic heterocycles. The predicted molar refractivity (Wildman–Crippen MR) is 306 cm³/mol. The van der Waals surface area contributed by atoms with Gasteiger partial charge < -0.3 is 60.0 Å².